The monoisotopic (exact) mass is 434 g/mol. The van der Waals surface area contributed by atoms with Crippen LogP contribution in [0.15, 0.2) is 29.1 Å². The minimum absolute atomic E-state index is 0.0782. The molecule has 1 saturated heterocycles. The molecule has 2 aromatic rings. The van der Waals surface area contributed by atoms with Crippen LogP contribution in [-0.4, -0.2) is 54.4 Å². The molecule has 0 N–H and O–H groups in total. The summed E-state index contributed by atoms with van der Waals surface area (Å²) >= 11 is 0. The summed E-state index contributed by atoms with van der Waals surface area (Å²) in [6.45, 7) is 1.26. The first-order valence-corrected chi connectivity index (χ1v) is 10.1. The van der Waals surface area contributed by atoms with Crippen molar-refractivity contribution in [3.05, 3.63) is 46.0 Å². The van der Waals surface area contributed by atoms with E-state index in [0.29, 0.717) is 55.6 Å². The van der Waals surface area contributed by atoms with Gasteiger partial charge in [0.2, 0.25) is 5.91 Å². The number of halogens is 2. The first kappa shape index (κ1) is 21.2. The highest BCUT2D eigenvalue weighted by Crippen LogP contribution is 2.39. The van der Waals surface area contributed by atoms with Crippen molar-refractivity contribution in [3.8, 4) is 5.75 Å². The molecule has 2 aliphatic heterocycles. The maximum atomic E-state index is 13.2. The predicted octanol–water partition coefficient (Wildman–Crippen LogP) is 1.74. The molecule has 0 saturated carbocycles. The van der Waals surface area contributed by atoms with Crippen LogP contribution >= 0.6 is 0 Å². The minimum Gasteiger partial charge on any atom is -0.434 e. The van der Waals surface area contributed by atoms with Crippen molar-refractivity contribution in [1.82, 2.24) is 9.55 Å². The van der Waals surface area contributed by atoms with Gasteiger partial charge in [-0.15, -0.1) is 0 Å². The summed E-state index contributed by atoms with van der Waals surface area (Å²) in [7, 11) is 1.58. The molecule has 4 rings (SSSR count). The fraction of sp³-hybridized carbons (Fsp3) is 0.476. The van der Waals surface area contributed by atoms with Crippen LogP contribution in [0.4, 0.5) is 20.3 Å². The zero-order chi connectivity index (χ0) is 22.1. The normalized spacial score (nSPS) is 18.4. The Labute approximate surface area is 178 Å². The lowest BCUT2D eigenvalue weighted by Crippen LogP contribution is -2.40. The van der Waals surface area contributed by atoms with Crippen LogP contribution in [0.3, 0.4) is 0 Å². The lowest BCUT2D eigenvalue weighted by molar-refractivity contribution is -0.118. The Balaban J connectivity index is 1.61. The number of amides is 1. The van der Waals surface area contributed by atoms with Gasteiger partial charge in [-0.1, -0.05) is 6.07 Å². The van der Waals surface area contributed by atoms with Gasteiger partial charge in [0.05, 0.1) is 25.3 Å². The number of hydrogen-bond acceptors (Lipinski definition) is 6. The SMILES string of the molecule is C[C@H]1Cc2c(OC(F)F)cccc2N1C(=O)Cc1nc(N2CCOCC2)cc(=O)n1C. The van der Waals surface area contributed by atoms with Gasteiger partial charge in [-0.2, -0.15) is 8.78 Å². The first-order valence-electron chi connectivity index (χ1n) is 10.1. The summed E-state index contributed by atoms with van der Waals surface area (Å²) in [5, 5.41) is 0. The van der Waals surface area contributed by atoms with E-state index < -0.39 is 6.61 Å². The molecule has 166 valence electrons. The number of carbonyl (C=O) groups excluding carboxylic acids is 1. The maximum Gasteiger partial charge on any atom is 0.387 e. The fourth-order valence-electron chi connectivity index (χ4n) is 4.10. The van der Waals surface area contributed by atoms with Gasteiger partial charge in [-0.05, 0) is 25.5 Å². The summed E-state index contributed by atoms with van der Waals surface area (Å²) in [5.41, 5.74) is 0.874. The second-order valence-corrected chi connectivity index (χ2v) is 7.65. The average Bonchev–Trinajstić information content (AvgIpc) is 3.08. The van der Waals surface area contributed by atoms with Gasteiger partial charge in [-0.3, -0.25) is 14.2 Å². The van der Waals surface area contributed by atoms with Gasteiger partial charge < -0.3 is 19.3 Å². The zero-order valence-corrected chi connectivity index (χ0v) is 17.4. The lowest BCUT2D eigenvalue weighted by Gasteiger charge is -2.28. The Morgan fingerprint density at radius 1 is 1.32 bits per heavy atom. The van der Waals surface area contributed by atoms with E-state index in [4.69, 9.17) is 4.74 Å². The molecule has 0 bridgehead atoms. The molecule has 0 unspecified atom stereocenters. The number of carbonyl (C=O) groups is 1. The van der Waals surface area contributed by atoms with Crippen LogP contribution in [0.2, 0.25) is 0 Å². The molecular formula is C21H24F2N4O4. The molecular weight excluding hydrogens is 410 g/mol. The van der Waals surface area contributed by atoms with E-state index >= 15 is 0 Å². The summed E-state index contributed by atoms with van der Waals surface area (Å²) in [6.07, 6.45) is 0.317. The molecule has 0 aliphatic carbocycles. The lowest BCUT2D eigenvalue weighted by atomic mass is 10.1. The Bertz CT molecular complexity index is 1040. The van der Waals surface area contributed by atoms with Gasteiger partial charge in [0.15, 0.2) is 0 Å². The van der Waals surface area contributed by atoms with E-state index in [9.17, 15) is 18.4 Å². The van der Waals surface area contributed by atoms with Crippen molar-refractivity contribution in [2.45, 2.75) is 32.4 Å². The Hall–Kier alpha value is -3.01. The molecule has 1 fully saturated rings. The highest BCUT2D eigenvalue weighted by Gasteiger charge is 2.34. The molecule has 1 amide bonds. The smallest absolute Gasteiger partial charge is 0.387 e. The molecule has 1 atom stereocenters. The largest absolute Gasteiger partial charge is 0.434 e. The molecule has 3 heterocycles. The van der Waals surface area contributed by atoms with Gasteiger partial charge in [0, 0.05) is 37.8 Å². The van der Waals surface area contributed by atoms with E-state index in [1.54, 1.807) is 24.1 Å². The second-order valence-electron chi connectivity index (χ2n) is 7.65. The third kappa shape index (κ3) is 4.25. The Kier molecular flexibility index (Phi) is 5.90. The van der Waals surface area contributed by atoms with E-state index in [1.165, 1.54) is 16.7 Å². The van der Waals surface area contributed by atoms with Crippen molar-refractivity contribution in [1.29, 1.82) is 0 Å². The molecule has 0 spiro atoms. The summed E-state index contributed by atoms with van der Waals surface area (Å²) in [4.78, 5) is 33.8. The molecule has 8 nitrogen and oxygen atoms in total. The summed E-state index contributed by atoms with van der Waals surface area (Å²) < 4.78 is 36.8. The van der Waals surface area contributed by atoms with Gasteiger partial charge in [-0.25, -0.2) is 4.98 Å². The topological polar surface area (TPSA) is 76.9 Å². The van der Waals surface area contributed by atoms with E-state index in [1.807, 2.05) is 11.8 Å². The number of morpholine rings is 1. The van der Waals surface area contributed by atoms with Crippen LogP contribution < -0.4 is 20.1 Å². The standard InChI is InChI=1S/C21H24F2N4O4/c1-13-10-14-15(4-3-5-16(14)31-21(22)23)27(13)20(29)11-17-24-18(12-19(28)25(17)2)26-6-8-30-9-7-26/h3-5,12-13,21H,6-11H2,1-2H3/t13-/m0/s1. The quantitative estimate of drug-likeness (QED) is 0.714. The third-order valence-corrected chi connectivity index (χ3v) is 5.65. The van der Waals surface area contributed by atoms with Crippen LogP contribution in [-0.2, 0) is 29.4 Å². The van der Waals surface area contributed by atoms with Crippen molar-refractivity contribution in [2.24, 2.45) is 7.05 Å². The molecule has 2 aliphatic rings. The van der Waals surface area contributed by atoms with Crippen molar-refractivity contribution >= 4 is 17.4 Å². The number of aromatic nitrogens is 2. The number of nitrogens with zero attached hydrogens (tertiary/aromatic N) is 4. The number of benzene rings is 1. The molecule has 10 heteroatoms. The van der Waals surface area contributed by atoms with Crippen LogP contribution in [0.1, 0.15) is 18.3 Å². The van der Waals surface area contributed by atoms with Gasteiger partial charge in [0.1, 0.15) is 17.4 Å². The Morgan fingerprint density at radius 3 is 2.77 bits per heavy atom. The van der Waals surface area contributed by atoms with Crippen molar-refractivity contribution in [2.75, 3.05) is 36.1 Å². The first-order chi connectivity index (χ1) is 14.8. The van der Waals surface area contributed by atoms with E-state index in [0.717, 1.165) is 0 Å². The number of anilines is 2. The molecule has 1 aromatic carbocycles. The number of alkyl halides is 2. The summed E-state index contributed by atoms with van der Waals surface area (Å²) in [6, 6.07) is 6.00. The van der Waals surface area contributed by atoms with Crippen LogP contribution in [0.25, 0.3) is 0 Å². The van der Waals surface area contributed by atoms with Crippen molar-refractivity contribution in [3.63, 3.8) is 0 Å². The fourth-order valence-corrected chi connectivity index (χ4v) is 4.10. The van der Waals surface area contributed by atoms with E-state index in [2.05, 4.69) is 9.72 Å². The maximum absolute atomic E-state index is 13.2. The number of hydrogen-bond donors (Lipinski definition) is 0. The van der Waals surface area contributed by atoms with Crippen LogP contribution in [0.5, 0.6) is 5.75 Å². The van der Waals surface area contributed by atoms with Gasteiger partial charge >= 0.3 is 6.61 Å². The van der Waals surface area contributed by atoms with Gasteiger partial charge in [0.25, 0.3) is 5.56 Å². The predicted molar refractivity (Wildman–Crippen MR) is 110 cm³/mol. The molecule has 1 aromatic heterocycles. The van der Waals surface area contributed by atoms with Crippen LogP contribution in [0, 0.1) is 0 Å². The minimum atomic E-state index is -2.94. The Morgan fingerprint density at radius 2 is 2.06 bits per heavy atom. The number of rotatable bonds is 5. The van der Waals surface area contributed by atoms with E-state index in [-0.39, 0.29) is 29.7 Å². The number of ether oxygens (including phenoxy) is 2. The molecule has 0 radical (unpaired) electrons. The van der Waals surface area contributed by atoms with Crippen molar-refractivity contribution < 1.29 is 23.0 Å². The molecule has 31 heavy (non-hydrogen) atoms. The summed E-state index contributed by atoms with van der Waals surface area (Å²) in [5.74, 6) is 0.688. The highest BCUT2D eigenvalue weighted by molar-refractivity contribution is 5.97. The second kappa shape index (κ2) is 8.62. The third-order valence-electron chi connectivity index (χ3n) is 5.65. The zero-order valence-electron chi connectivity index (χ0n) is 17.4. The highest BCUT2D eigenvalue weighted by atomic mass is 19.3. The average molecular weight is 434 g/mol. The number of fused-ring (bicyclic) bond motifs is 1.